The third-order valence-corrected chi connectivity index (χ3v) is 2.95. The van der Waals surface area contributed by atoms with Gasteiger partial charge in [-0.3, -0.25) is 4.79 Å². The Morgan fingerprint density at radius 1 is 1.58 bits per heavy atom. The minimum Gasteiger partial charge on any atom is -0.383 e. The van der Waals surface area contributed by atoms with E-state index in [1.165, 1.54) is 0 Å². The fourth-order valence-electron chi connectivity index (χ4n) is 1.67. The van der Waals surface area contributed by atoms with Crippen molar-refractivity contribution in [3.05, 3.63) is 23.9 Å². The summed E-state index contributed by atoms with van der Waals surface area (Å²) in [4.78, 5) is 18.2. The number of likely N-dealkylation sites (N-methyl/N-ethyl adjacent to an activating group) is 1. The predicted octanol–water partition coefficient (Wildman–Crippen LogP) is 2.01. The van der Waals surface area contributed by atoms with Crippen molar-refractivity contribution in [1.29, 1.82) is 0 Å². The maximum atomic E-state index is 12.3. The van der Waals surface area contributed by atoms with E-state index >= 15 is 0 Å². The molecule has 5 heteroatoms. The average molecular weight is 265 g/mol. The van der Waals surface area contributed by atoms with Crippen molar-refractivity contribution in [3.63, 3.8) is 0 Å². The SMILES string of the molecule is CCCNc1cc(C(=O)N(C)C(C)COC)ccn1. The molecule has 1 aromatic heterocycles. The number of nitrogens with zero attached hydrogens (tertiary/aromatic N) is 2. The molecule has 1 heterocycles. The average Bonchev–Trinajstić information content (AvgIpc) is 2.44. The Labute approximate surface area is 115 Å². The highest BCUT2D eigenvalue weighted by Crippen LogP contribution is 2.11. The van der Waals surface area contributed by atoms with Crippen LogP contribution in [0.1, 0.15) is 30.6 Å². The molecule has 1 atom stereocenters. The standard InChI is InChI=1S/C14H23N3O2/c1-5-7-15-13-9-12(6-8-16-13)14(18)17(3)11(2)10-19-4/h6,8-9,11H,5,7,10H2,1-4H3,(H,15,16). The summed E-state index contributed by atoms with van der Waals surface area (Å²) in [5.41, 5.74) is 0.638. The number of anilines is 1. The zero-order chi connectivity index (χ0) is 14.3. The van der Waals surface area contributed by atoms with Gasteiger partial charge in [0.05, 0.1) is 12.6 Å². The van der Waals surface area contributed by atoms with Crippen molar-refractivity contribution < 1.29 is 9.53 Å². The van der Waals surface area contributed by atoms with Crippen LogP contribution in [-0.2, 0) is 4.74 Å². The number of nitrogens with one attached hydrogen (secondary N) is 1. The molecule has 0 aliphatic carbocycles. The number of carbonyl (C=O) groups excluding carboxylic acids is 1. The molecule has 19 heavy (non-hydrogen) atoms. The molecule has 106 valence electrons. The molecule has 1 amide bonds. The molecule has 0 saturated carbocycles. The van der Waals surface area contributed by atoms with Crippen molar-refractivity contribution >= 4 is 11.7 Å². The van der Waals surface area contributed by atoms with E-state index in [1.54, 1.807) is 37.4 Å². The van der Waals surface area contributed by atoms with E-state index in [4.69, 9.17) is 4.74 Å². The predicted molar refractivity (Wildman–Crippen MR) is 76.4 cm³/mol. The maximum absolute atomic E-state index is 12.3. The molecular weight excluding hydrogens is 242 g/mol. The number of hydrogen-bond acceptors (Lipinski definition) is 4. The number of hydrogen-bond donors (Lipinski definition) is 1. The van der Waals surface area contributed by atoms with Crippen LogP contribution in [0.2, 0.25) is 0 Å². The molecule has 0 aliphatic heterocycles. The summed E-state index contributed by atoms with van der Waals surface area (Å²) in [6, 6.07) is 3.56. The fraction of sp³-hybridized carbons (Fsp3) is 0.571. The summed E-state index contributed by atoms with van der Waals surface area (Å²) in [5, 5.41) is 3.18. The van der Waals surface area contributed by atoms with E-state index in [1.807, 2.05) is 6.92 Å². The van der Waals surface area contributed by atoms with Crippen molar-refractivity contribution in [2.24, 2.45) is 0 Å². The normalized spacial score (nSPS) is 12.0. The molecule has 1 aromatic rings. The Kier molecular flexibility index (Phi) is 6.29. The van der Waals surface area contributed by atoms with E-state index in [9.17, 15) is 4.79 Å². The molecule has 0 aliphatic rings. The quantitative estimate of drug-likeness (QED) is 0.819. The molecule has 0 bridgehead atoms. The van der Waals surface area contributed by atoms with Gasteiger partial charge >= 0.3 is 0 Å². The van der Waals surface area contributed by atoms with Gasteiger partial charge < -0.3 is 15.0 Å². The van der Waals surface area contributed by atoms with Crippen molar-refractivity contribution in [2.75, 3.05) is 32.6 Å². The largest absolute Gasteiger partial charge is 0.383 e. The summed E-state index contributed by atoms with van der Waals surface area (Å²) in [6.45, 7) is 5.41. The second-order valence-electron chi connectivity index (χ2n) is 4.58. The van der Waals surface area contributed by atoms with Crippen LogP contribution in [0.25, 0.3) is 0 Å². The zero-order valence-electron chi connectivity index (χ0n) is 12.1. The Hall–Kier alpha value is -1.62. The molecule has 1 N–H and O–H groups in total. The highest BCUT2D eigenvalue weighted by molar-refractivity contribution is 5.94. The van der Waals surface area contributed by atoms with E-state index in [-0.39, 0.29) is 11.9 Å². The zero-order valence-corrected chi connectivity index (χ0v) is 12.1. The maximum Gasteiger partial charge on any atom is 0.254 e. The van der Waals surface area contributed by atoms with Crippen LogP contribution in [0.5, 0.6) is 0 Å². The molecule has 1 rings (SSSR count). The van der Waals surface area contributed by atoms with Crippen LogP contribution in [0.15, 0.2) is 18.3 Å². The van der Waals surface area contributed by atoms with Crippen LogP contribution in [0.4, 0.5) is 5.82 Å². The van der Waals surface area contributed by atoms with Gasteiger partial charge in [0.15, 0.2) is 0 Å². The van der Waals surface area contributed by atoms with Gasteiger partial charge in [-0.05, 0) is 25.5 Å². The Morgan fingerprint density at radius 3 is 2.95 bits per heavy atom. The van der Waals surface area contributed by atoms with Gasteiger partial charge in [0.2, 0.25) is 0 Å². The minimum absolute atomic E-state index is 0.0218. The lowest BCUT2D eigenvalue weighted by atomic mass is 10.2. The highest BCUT2D eigenvalue weighted by Gasteiger charge is 2.17. The Bertz CT molecular complexity index is 409. The van der Waals surface area contributed by atoms with Gasteiger partial charge in [0, 0.05) is 32.5 Å². The van der Waals surface area contributed by atoms with E-state index < -0.39 is 0 Å². The number of pyridine rings is 1. The van der Waals surface area contributed by atoms with Crippen molar-refractivity contribution in [3.8, 4) is 0 Å². The Balaban J connectivity index is 2.75. The van der Waals surface area contributed by atoms with Gasteiger partial charge in [0.25, 0.3) is 5.91 Å². The molecule has 5 nitrogen and oxygen atoms in total. The molecule has 0 spiro atoms. The lowest BCUT2D eigenvalue weighted by Gasteiger charge is -2.24. The summed E-state index contributed by atoms with van der Waals surface area (Å²) in [5.74, 6) is 0.715. The minimum atomic E-state index is -0.0218. The lowest BCUT2D eigenvalue weighted by molar-refractivity contribution is 0.0633. The van der Waals surface area contributed by atoms with E-state index in [0.29, 0.717) is 12.2 Å². The highest BCUT2D eigenvalue weighted by atomic mass is 16.5. The van der Waals surface area contributed by atoms with Gasteiger partial charge in [-0.1, -0.05) is 6.92 Å². The molecule has 0 radical (unpaired) electrons. The van der Waals surface area contributed by atoms with Crippen molar-refractivity contribution in [2.45, 2.75) is 26.3 Å². The third kappa shape index (κ3) is 4.52. The first-order valence-electron chi connectivity index (χ1n) is 6.56. The summed E-state index contributed by atoms with van der Waals surface area (Å²) in [7, 11) is 3.42. The molecule has 0 aromatic carbocycles. The number of ether oxygens (including phenoxy) is 1. The Morgan fingerprint density at radius 2 is 2.32 bits per heavy atom. The number of carbonyl (C=O) groups is 1. The number of aromatic nitrogens is 1. The van der Waals surface area contributed by atoms with Crippen LogP contribution in [0, 0.1) is 0 Å². The first-order valence-corrected chi connectivity index (χ1v) is 6.56. The topological polar surface area (TPSA) is 54.5 Å². The monoisotopic (exact) mass is 265 g/mol. The number of rotatable bonds is 7. The second-order valence-corrected chi connectivity index (χ2v) is 4.58. The van der Waals surface area contributed by atoms with Crippen LogP contribution in [0.3, 0.4) is 0 Å². The number of methoxy groups -OCH3 is 1. The van der Waals surface area contributed by atoms with Gasteiger partial charge in [-0.15, -0.1) is 0 Å². The smallest absolute Gasteiger partial charge is 0.254 e. The molecule has 1 unspecified atom stereocenters. The van der Waals surface area contributed by atoms with Crippen molar-refractivity contribution in [1.82, 2.24) is 9.88 Å². The van der Waals surface area contributed by atoms with E-state index in [2.05, 4.69) is 17.2 Å². The van der Waals surface area contributed by atoms with Crippen LogP contribution >= 0.6 is 0 Å². The van der Waals surface area contributed by atoms with Gasteiger partial charge in [0.1, 0.15) is 5.82 Å². The number of amides is 1. The van der Waals surface area contributed by atoms with Crippen LogP contribution in [-0.4, -0.2) is 49.1 Å². The fourth-order valence-corrected chi connectivity index (χ4v) is 1.67. The van der Waals surface area contributed by atoms with E-state index in [0.717, 1.165) is 18.8 Å². The summed E-state index contributed by atoms with van der Waals surface area (Å²) >= 11 is 0. The molecule has 0 saturated heterocycles. The summed E-state index contributed by atoms with van der Waals surface area (Å²) in [6.07, 6.45) is 2.67. The third-order valence-electron chi connectivity index (χ3n) is 2.95. The molecule has 0 fully saturated rings. The molecular formula is C14H23N3O2. The van der Waals surface area contributed by atoms with Gasteiger partial charge in [-0.2, -0.15) is 0 Å². The first kappa shape index (κ1) is 15.4. The van der Waals surface area contributed by atoms with Gasteiger partial charge in [-0.25, -0.2) is 4.98 Å². The first-order chi connectivity index (χ1) is 9.10. The summed E-state index contributed by atoms with van der Waals surface area (Å²) < 4.78 is 5.07. The van der Waals surface area contributed by atoms with Crippen LogP contribution < -0.4 is 5.32 Å². The lowest BCUT2D eigenvalue weighted by Crippen LogP contribution is -2.37. The second kappa shape index (κ2) is 7.74.